The van der Waals surface area contributed by atoms with E-state index >= 15 is 0 Å². The number of carboxylic acid groups (broad SMARTS) is 2. The maximum atomic E-state index is 10.3. The Bertz CT molecular complexity index is 235. The standard InChI is InChI=1S/2C8H16O2.2Co/c2*1-3-5-6-7(4-2)8(9)10;;/h2*7H,3-6H2,1-2H3,(H,9,10);;/q;;2*+2/p-2. The molecule has 0 N–H and O–H groups in total. The molecular weight excluding hydrogens is 374 g/mol. The number of aliphatic carboxylic acids is 2. The van der Waals surface area contributed by atoms with E-state index in [2.05, 4.69) is 13.8 Å². The molecule has 0 aromatic heterocycles. The summed E-state index contributed by atoms with van der Waals surface area (Å²) >= 11 is 0. The van der Waals surface area contributed by atoms with Crippen LogP contribution in [0.4, 0.5) is 0 Å². The van der Waals surface area contributed by atoms with Crippen LogP contribution < -0.4 is 10.2 Å². The molecule has 0 aromatic rings. The number of unbranched alkanes of at least 4 members (excludes halogenated alkanes) is 2. The molecule has 0 rings (SSSR count). The second-order valence-electron chi connectivity index (χ2n) is 5.13. The van der Waals surface area contributed by atoms with Gasteiger partial charge in [-0.2, -0.15) is 0 Å². The molecule has 6 heteroatoms. The number of rotatable bonds is 10. The number of hydrogen-bond acceptors (Lipinski definition) is 4. The van der Waals surface area contributed by atoms with Crippen LogP contribution in [0.15, 0.2) is 0 Å². The first-order chi connectivity index (χ1) is 9.44. The summed E-state index contributed by atoms with van der Waals surface area (Å²) < 4.78 is 0. The number of carbonyl (C=O) groups excluding carboxylic acids is 2. The monoisotopic (exact) mass is 404 g/mol. The van der Waals surface area contributed by atoms with E-state index in [4.69, 9.17) is 0 Å². The van der Waals surface area contributed by atoms with Gasteiger partial charge in [0.15, 0.2) is 0 Å². The summed E-state index contributed by atoms with van der Waals surface area (Å²) in [7, 11) is 0. The zero-order valence-corrected chi connectivity index (χ0v) is 16.2. The topological polar surface area (TPSA) is 80.3 Å². The predicted octanol–water partition coefficient (Wildman–Crippen LogP) is 1.90. The second-order valence-corrected chi connectivity index (χ2v) is 5.13. The van der Waals surface area contributed by atoms with Gasteiger partial charge in [0, 0.05) is 11.9 Å². The van der Waals surface area contributed by atoms with Gasteiger partial charge in [-0.25, -0.2) is 0 Å². The van der Waals surface area contributed by atoms with E-state index in [1.807, 2.05) is 13.8 Å². The van der Waals surface area contributed by atoms with E-state index in [9.17, 15) is 19.8 Å². The third kappa shape index (κ3) is 18.0. The molecule has 0 bridgehead atoms. The Hall–Kier alpha value is -0.0470. The summed E-state index contributed by atoms with van der Waals surface area (Å²) in [5, 5.41) is 20.7. The van der Waals surface area contributed by atoms with Gasteiger partial charge in [-0.15, -0.1) is 0 Å². The van der Waals surface area contributed by atoms with Crippen LogP contribution in [0.2, 0.25) is 0 Å². The van der Waals surface area contributed by atoms with Crippen LogP contribution >= 0.6 is 0 Å². The van der Waals surface area contributed by atoms with Crippen molar-refractivity contribution < 1.29 is 53.4 Å². The third-order valence-corrected chi connectivity index (χ3v) is 3.46. The fourth-order valence-corrected chi connectivity index (χ4v) is 1.88. The van der Waals surface area contributed by atoms with Gasteiger partial charge in [0.2, 0.25) is 0 Å². The molecule has 2 unspecified atom stereocenters. The van der Waals surface area contributed by atoms with E-state index in [-0.39, 0.29) is 45.4 Å². The first-order valence-electron chi connectivity index (χ1n) is 7.86. The second kappa shape index (κ2) is 21.0. The normalized spacial score (nSPS) is 11.8. The minimum Gasteiger partial charge on any atom is -0.550 e. The Balaban J connectivity index is -0.000000135. The summed E-state index contributed by atoms with van der Waals surface area (Å²) in [4.78, 5) is 20.7. The van der Waals surface area contributed by atoms with Crippen molar-refractivity contribution >= 4 is 11.9 Å². The van der Waals surface area contributed by atoms with Crippen molar-refractivity contribution in [3.05, 3.63) is 0 Å². The molecule has 0 saturated carbocycles. The summed E-state index contributed by atoms with van der Waals surface area (Å²) in [5.41, 5.74) is 0. The van der Waals surface area contributed by atoms with Crippen molar-refractivity contribution in [1.82, 2.24) is 0 Å². The molecule has 22 heavy (non-hydrogen) atoms. The molecular formula is C16H30Co2O4+2. The molecule has 0 saturated heterocycles. The zero-order chi connectivity index (χ0) is 16.0. The molecule has 2 atom stereocenters. The maximum Gasteiger partial charge on any atom is 2.00 e. The Morgan fingerprint density at radius 3 is 1.14 bits per heavy atom. The molecule has 0 fully saturated rings. The van der Waals surface area contributed by atoms with E-state index < -0.39 is 11.9 Å². The van der Waals surface area contributed by atoms with Gasteiger partial charge in [-0.1, -0.05) is 53.4 Å². The van der Waals surface area contributed by atoms with Crippen molar-refractivity contribution in [2.75, 3.05) is 0 Å². The molecule has 4 nitrogen and oxygen atoms in total. The summed E-state index contributed by atoms with van der Waals surface area (Å²) in [6, 6.07) is 0. The average Bonchev–Trinajstić information content (AvgIpc) is 2.40. The van der Waals surface area contributed by atoms with Gasteiger partial charge in [-0.05, 0) is 37.5 Å². The quantitative estimate of drug-likeness (QED) is 0.557. The van der Waals surface area contributed by atoms with Gasteiger partial charge >= 0.3 is 33.6 Å². The van der Waals surface area contributed by atoms with Crippen molar-refractivity contribution in [3.63, 3.8) is 0 Å². The van der Waals surface area contributed by atoms with Crippen molar-refractivity contribution in [2.45, 2.75) is 79.1 Å². The summed E-state index contributed by atoms with van der Waals surface area (Å²) in [6.45, 7) is 7.89. The largest absolute Gasteiger partial charge is 2.00 e. The van der Waals surface area contributed by atoms with Crippen molar-refractivity contribution in [3.8, 4) is 0 Å². The maximum absolute atomic E-state index is 10.3. The van der Waals surface area contributed by atoms with Crippen LogP contribution in [0.5, 0.6) is 0 Å². The Kier molecular flexibility index (Phi) is 28.5. The average molecular weight is 404 g/mol. The van der Waals surface area contributed by atoms with Crippen LogP contribution in [-0.4, -0.2) is 11.9 Å². The summed E-state index contributed by atoms with van der Waals surface area (Å²) in [6.07, 6.45) is 7.04. The van der Waals surface area contributed by atoms with E-state index in [0.717, 1.165) is 38.5 Å². The van der Waals surface area contributed by atoms with E-state index in [1.165, 1.54) is 0 Å². The molecule has 0 aliphatic heterocycles. The van der Waals surface area contributed by atoms with E-state index in [1.54, 1.807) is 0 Å². The van der Waals surface area contributed by atoms with Crippen LogP contribution in [0, 0.1) is 11.8 Å². The first kappa shape index (κ1) is 29.9. The first-order valence-corrected chi connectivity index (χ1v) is 7.86. The number of hydrogen-bond donors (Lipinski definition) is 0. The molecule has 0 aliphatic rings. The van der Waals surface area contributed by atoms with E-state index in [0.29, 0.717) is 12.8 Å². The van der Waals surface area contributed by atoms with Crippen LogP contribution in [0.1, 0.15) is 79.1 Å². The van der Waals surface area contributed by atoms with Gasteiger partial charge < -0.3 is 19.8 Å². The third-order valence-electron chi connectivity index (χ3n) is 3.46. The Morgan fingerprint density at radius 1 is 0.727 bits per heavy atom. The predicted molar refractivity (Wildman–Crippen MR) is 76.6 cm³/mol. The smallest absolute Gasteiger partial charge is 0.550 e. The van der Waals surface area contributed by atoms with Gasteiger partial charge in [0.25, 0.3) is 0 Å². The zero-order valence-electron chi connectivity index (χ0n) is 14.1. The Labute approximate surface area is 156 Å². The molecule has 0 spiro atoms. The fraction of sp³-hybridized carbons (Fsp3) is 0.875. The Morgan fingerprint density at radius 2 is 1.00 bits per heavy atom. The summed E-state index contributed by atoms with van der Waals surface area (Å²) in [5.74, 6) is -2.23. The van der Waals surface area contributed by atoms with Crippen molar-refractivity contribution in [1.29, 1.82) is 0 Å². The van der Waals surface area contributed by atoms with Gasteiger partial charge in [-0.3, -0.25) is 0 Å². The van der Waals surface area contributed by atoms with Crippen LogP contribution in [0.25, 0.3) is 0 Å². The SMILES string of the molecule is CCCCC(CC)C(=O)[O-].CCCCC(CC)C(=O)[O-].[Co+2].[Co+2]. The fourth-order valence-electron chi connectivity index (χ4n) is 1.88. The van der Waals surface area contributed by atoms with Crippen molar-refractivity contribution in [2.24, 2.45) is 11.8 Å². The molecule has 134 valence electrons. The number of carbonyl (C=O) groups is 2. The number of carboxylic acids is 2. The molecule has 2 radical (unpaired) electrons. The van der Waals surface area contributed by atoms with Gasteiger partial charge in [0.05, 0.1) is 0 Å². The molecule has 0 heterocycles. The molecule has 0 amide bonds. The van der Waals surface area contributed by atoms with Crippen LogP contribution in [-0.2, 0) is 43.1 Å². The molecule has 0 aromatic carbocycles. The minimum atomic E-state index is -0.893. The van der Waals surface area contributed by atoms with Gasteiger partial charge in [0.1, 0.15) is 0 Å². The van der Waals surface area contributed by atoms with Crippen LogP contribution in [0.3, 0.4) is 0 Å². The minimum absolute atomic E-state index is 0. The molecule has 0 aliphatic carbocycles.